The normalized spacial score (nSPS) is 22.9. The highest BCUT2D eigenvalue weighted by atomic mass is 32.2. The first-order valence-electron chi connectivity index (χ1n) is 6.92. The Morgan fingerprint density at radius 2 is 2.25 bits per heavy atom. The summed E-state index contributed by atoms with van der Waals surface area (Å²) in [5, 5.41) is 23.4. The number of amides is 2. The van der Waals surface area contributed by atoms with Gasteiger partial charge in [-0.1, -0.05) is 11.8 Å². The van der Waals surface area contributed by atoms with Crippen LogP contribution in [-0.2, 0) is 21.4 Å². The Morgan fingerprint density at radius 3 is 2.83 bits per heavy atom. The summed E-state index contributed by atoms with van der Waals surface area (Å²) in [6, 6.07) is -0.668. The van der Waals surface area contributed by atoms with Crippen LogP contribution in [0.5, 0.6) is 0 Å². The fourth-order valence-corrected chi connectivity index (χ4v) is 4.84. The summed E-state index contributed by atoms with van der Waals surface area (Å²) >= 11 is 2.74. The van der Waals surface area contributed by atoms with E-state index >= 15 is 0 Å². The second-order valence-corrected chi connectivity index (χ2v) is 7.27. The number of aryl methyl sites for hydroxylation is 1. The van der Waals surface area contributed by atoms with E-state index in [1.165, 1.54) is 40.0 Å². The number of β-lactam (4-membered cyclic amide) rings is 1. The van der Waals surface area contributed by atoms with Crippen molar-refractivity contribution in [2.24, 2.45) is 7.05 Å². The summed E-state index contributed by atoms with van der Waals surface area (Å²) in [4.78, 5) is 36.3. The fourth-order valence-electron chi connectivity index (χ4n) is 2.51. The van der Waals surface area contributed by atoms with Gasteiger partial charge in [-0.3, -0.25) is 14.5 Å². The lowest BCUT2D eigenvalue weighted by Gasteiger charge is -2.49. The van der Waals surface area contributed by atoms with Crippen LogP contribution in [0.25, 0.3) is 0 Å². The Morgan fingerprint density at radius 1 is 1.50 bits per heavy atom. The highest BCUT2D eigenvalue weighted by Crippen LogP contribution is 2.41. The highest BCUT2D eigenvalue weighted by Gasteiger charge is 2.53. The molecule has 1 saturated heterocycles. The molecule has 2 amide bonds. The van der Waals surface area contributed by atoms with Crippen LogP contribution in [-0.4, -0.2) is 70.9 Å². The first-order valence-corrected chi connectivity index (χ1v) is 8.96. The Bertz CT molecular complexity index is 748. The summed E-state index contributed by atoms with van der Waals surface area (Å²) in [6.45, 7) is 1.33. The van der Waals surface area contributed by atoms with E-state index in [0.29, 0.717) is 22.2 Å². The molecule has 2 aliphatic rings. The molecule has 1 aromatic heterocycles. The molecule has 1 fully saturated rings. The molecule has 0 bridgehead atoms. The molecule has 3 heterocycles. The second kappa shape index (κ2) is 6.43. The van der Waals surface area contributed by atoms with Gasteiger partial charge >= 0.3 is 5.97 Å². The average Bonchev–Trinajstić information content (AvgIpc) is 2.94. The van der Waals surface area contributed by atoms with Crippen LogP contribution in [0, 0.1) is 0 Å². The van der Waals surface area contributed by atoms with Gasteiger partial charge in [0.25, 0.3) is 5.91 Å². The van der Waals surface area contributed by atoms with Crippen LogP contribution >= 0.6 is 23.5 Å². The topological polar surface area (TPSA) is 130 Å². The van der Waals surface area contributed by atoms with Gasteiger partial charge in [0.05, 0.1) is 0 Å². The molecule has 0 radical (unpaired) electrons. The Balaban J connectivity index is 1.79. The third-order valence-corrected chi connectivity index (χ3v) is 6.00. The largest absolute Gasteiger partial charge is 0.477 e. The van der Waals surface area contributed by atoms with Crippen molar-refractivity contribution in [3.8, 4) is 0 Å². The van der Waals surface area contributed by atoms with E-state index in [4.69, 9.17) is 0 Å². The third-order valence-electron chi connectivity index (χ3n) is 3.57. The van der Waals surface area contributed by atoms with Crippen LogP contribution in [0.1, 0.15) is 6.92 Å². The number of rotatable bonds is 5. The molecule has 0 aliphatic carbocycles. The number of nitrogens with zero attached hydrogens (tertiary/aromatic N) is 5. The van der Waals surface area contributed by atoms with E-state index in [1.807, 2.05) is 0 Å². The number of fused-ring (bicyclic) bond motifs is 1. The lowest BCUT2D eigenvalue weighted by atomic mass is 10.0. The van der Waals surface area contributed by atoms with Crippen molar-refractivity contribution in [2.45, 2.75) is 23.5 Å². The number of aromatic nitrogens is 4. The van der Waals surface area contributed by atoms with Crippen LogP contribution in [0.15, 0.2) is 16.4 Å². The van der Waals surface area contributed by atoms with Gasteiger partial charge in [0.2, 0.25) is 11.1 Å². The quantitative estimate of drug-likeness (QED) is 0.498. The number of carboxylic acids is 1. The predicted molar refractivity (Wildman–Crippen MR) is 84.9 cm³/mol. The number of aliphatic carboxylic acids is 1. The molecule has 2 atom stereocenters. The van der Waals surface area contributed by atoms with Crippen molar-refractivity contribution in [2.75, 3.05) is 11.5 Å². The smallest absolute Gasteiger partial charge is 0.352 e. The van der Waals surface area contributed by atoms with E-state index in [2.05, 4.69) is 20.8 Å². The fraction of sp³-hybridized carbons (Fsp3) is 0.500. The van der Waals surface area contributed by atoms with E-state index < -0.39 is 17.9 Å². The highest BCUT2D eigenvalue weighted by molar-refractivity contribution is 8.01. The van der Waals surface area contributed by atoms with E-state index in [9.17, 15) is 19.5 Å². The molecular formula is C12H14N6O4S2. The van der Waals surface area contributed by atoms with Gasteiger partial charge < -0.3 is 10.4 Å². The molecule has 1 unspecified atom stereocenters. The van der Waals surface area contributed by atoms with Gasteiger partial charge in [-0.2, -0.15) is 0 Å². The number of hydrogen-bond acceptors (Lipinski definition) is 8. The zero-order valence-corrected chi connectivity index (χ0v) is 14.4. The summed E-state index contributed by atoms with van der Waals surface area (Å²) in [5.74, 6) is -1.04. The molecule has 0 spiro atoms. The van der Waals surface area contributed by atoms with Crippen molar-refractivity contribution in [1.82, 2.24) is 30.4 Å². The molecular weight excluding hydrogens is 356 g/mol. The Kier molecular flexibility index (Phi) is 4.49. The zero-order valence-electron chi connectivity index (χ0n) is 12.8. The monoisotopic (exact) mass is 370 g/mol. The van der Waals surface area contributed by atoms with Crippen molar-refractivity contribution < 1.29 is 19.5 Å². The van der Waals surface area contributed by atoms with Crippen LogP contribution in [0.3, 0.4) is 0 Å². The predicted octanol–water partition coefficient (Wildman–Crippen LogP) is -0.939. The number of carbonyl (C=O) groups is 3. The summed E-state index contributed by atoms with van der Waals surface area (Å²) in [5.41, 5.74) is 0.624. The molecule has 1 aromatic rings. The summed E-state index contributed by atoms with van der Waals surface area (Å²) in [7, 11) is 1.69. The van der Waals surface area contributed by atoms with Crippen LogP contribution in [0.4, 0.5) is 0 Å². The van der Waals surface area contributed by atoms with Gasteiger partial charge in [0.1, 0.15) is 17.1 Å². The molecule has 10 nitrogen and oxygen atoms in total. The minimum Gasteiger partial charge on any atom is -0.477 e. The van der Waals surface area contributed by atoms with Gasteiger partial charge in [-0.15, -0.1) is 16.9 Å². The molecule has 2 aliphatic heterocycles. The summed E-state index contributed by atoms with van der Waals surface area (Å²) < 4.78 is 1.49. The molecule has 2 N–H and O–H groups in total. The number of thioether (sulfide) groups is 2. The first kappa shape index (κ1) is 16.8. The lowest BCUT2D eigenvalue weighted by molar-refractivity contribution is -0.150. The van der Waals surface area contributed by atoms with Gasteiger partial charge in [0, 0.05) is 25.5 Å². The Hall–Kier alpha value is -2.08. The third kappa shape index (κ3) is 2.86. The number of hydrogen-bond donors (Lipinski definition) is 2. The van der Waals surface area contributed by atoms with Gasteiger partial charge in [-0.05, 0) is 16.0 Å². The lowest BCUT2D eigenvalue weighted by Crippen LogP contribution is -2.70. The SMILES string of the molecule is CC(=O)NC1C(=O)N2C(C(=O)O)=C(CSc3nnnn3C)CS[C@H]12. The summed E-state index contributed by atoms with van der Waals surface area (Å²) in [6.07, 6.45) is 0. The van der Waals surface area contributed by atoms with E-state index in [1.54, 1.807) is 7.05 Å². The number of tetrazole rings is 1. The Labute approximate surface area is 145 Å². The van der Waals surface area contributed by atoms with Crippen LogP contribution in [0.2, 0.25) is 0 Å². The molecule has 24 heavy (non-hydrogen) atoms. The number of nitrogens with one attached hydrogen (secondary N) is 1. The van der Waals surface area contributed by atoms with Crippen LogP contribution < -0.4 is 5.32 Å². The second-order valence-electron chi connectivity index (χ2n) is 5.22. The first-order chi connectivity index (χ1) is 11.4. The maximum absolute atomic E-state index is 12.2. The molecule has 0 saturated carbocycles. The molecule has 12 heteroatoms. The zero-order chi connectivity index (χ0) is 17.4. The van der Waals surface area contributed by atoms with Crippen molar-refractivity contribution in [3.63, 3.8) is 0 Å². The molecule has 3 rings (SSSR count). The van der Waals surface area contributed by atoms with Gasteiger partial charge in [0.15, 0.2) is 0 Å². The van der Waals surface area contributed by atoms with Crippen molar-refractivity contribution in [3.05, 3.63) is 11.3 Å². The minimum atomic E-state index is -1.15. The van der Waals surface area contributed by atoms with Crippen molar-refractivity contribution in [1.29, 1.82) is 0 Å². The van der Waals surface area contributed by atoms with Crippen molar-refractivity contribution >= 4 is 41.3 Å². The number of carbonyl (C=O) groups excluding carboxylic acids is 2. The average molecular weight is 370 g/mol. The van der Waals surface area contributed by atoms with E-state index in [-0.39, 0.29) is 17.0 Å². The standard InChI is InChI=1S/C12H14N6O4S2/c1-5(19)13-7-9(20)18-8(11(21)22)6(3-23-10(7)18)4-24-12-14-15-16-17(12)2/h7,10H,3-4H2,1-2H3,(H,13,19)(H,21,22)/t7?,10-/m1/s1. The van der Waals surface area contributed by atoms with E-state index in [0.717, 1.165) is 0 Å². The minimum absolute atomic E-state index is 0.00650. The number of carboxylic acid groups (broad SMARTS) is 1. The maximum Gasteiger partial charge on any atom is 0.352 e. The maximum atomic E-state index is 12.2. The molecule has 0 aromatic carbocycles. The van der Waals surface area contributed by atoms with Gasteiger partial charge in [-0.25, -0.2) is 9.48 Å². The molecule has 128 valence electrons.